The Hall–Kier alpha value is -2.67. The van der Waals surface area contributed by atoms with E-state index < -0.39 is 35.8 Å². The number of hydrogen-bond donors (Lipinski definition) is 2. The summed E-state index contributed by atoms with van der Waals surface area (Å²) in [6, 6.07) is 8.01. The molecular formula is C21H21F4NO2. The number of alkyl halides is 2. The molecule has 7 heteroatoms. The molecule has 0 aliphatic heterocycles. The average molecular weight is 395 g/mol. The number of hydrogen-bond acceptors (Lipinski definition) is 3. The molecule has 2 rings (SSSR count). The molecule has 0 aliphatic carbocycles. The largest absolute Gasteiger partial charge is 0.487 e. The molecule has 150 valence electrons. The number of rotatable bonds is 7. The van der Waals surface area contributed by atoms with Crippen molar-refractivity contribution < 1.29 is 27.4 Å². The van der Waals surface area contributed by atoms with Crippen molar-refractivity contribution in [1.29, 1.82) is 5.41 Å². The van der Waals surface area contributed by atoms with Crippen LogP contribution in [-0.2, 0) is 5.60 Å². The van der Waals surface area contributed by atoms with Gasteiger partial charge in [-0.1, -0.05) is 18.2 Å². The lowest BCUT2D eigenvalue weighted by Gasteiger charge is -2.20. The minimum Gasteiger partial charge on any atom is -0.487 e. The number of ether oxygens (including phenoxy) is 1. The second-order valence-corrected chi connectivity index (χ2v) is 6.81. The Morgan fingerprint density at radius 1 is 1.18 bits per heavy atom. The van der Waals surface area contributed by atoms with Crippen molar-refractivity contribution in [3.8, 4) is 5.75 Å². The quantitative estimate of drug-likeness (QED) is 0.493. The fourth-order valence-corrected chi connectivity index (χ4v) is 2.65. The lowest BCUT2D eigenvalue weighted by molar-refractivity contribution is 0.0778. The molecule has 0 amide bonds. The summed E-state index contributed by atoms with van der Waals surface area (Å²) in [6.07, 6.45) is -1.49. The van der Waals surface area contributed by atoms with Crippen molar-refractivity contribution in [2.45, 2.75) is 32.8 Å². The Morgan fingerprint density at radius 3 is 2.25 bits per heavy atom. The molecule has 0 unspecified atom stereocenters. The van der Waals surface area contributed by atoms with E-state index in [4.69, 9.17) is 10.1 Å². The zero-order valence-electron chi connectivity index (χ0n) is 15.7. The summed E-state index contributed by atoms with van der Waals surface area (Å²) in [5.74, 6) is -1.89. The number of nitrogens with one attached hydrogen (secondary N) is 1. The van der Waals surface area contributed by atoms with Crippen LogP contribution in [0.25, 0.3) is 5.57 Å². The van der Waals surface area contributed by atoms with Crippen LogP contribution in [-0.4, -0.2) is 23.9 Å². The third kappa shape index (κ3) is 5.19. The fourth-order valence-electron chi connectivity index (χ4n) is 2.65. The first kappa shape index (κ1) is 21.6. The normalized spacial score (nSPS) is 12.4. The number of aliphatic hydroxyl groups is 1. The molecule has 3 nitrogen and oxygen atoms in total. The van der Waals surface area contributed by atoms with Gasteiger partial charge in [0.2, 0.25) is 0 Å². The van der Waals surface area contributed by atoms with Crippen molar-refractivity contribution in [1.82, 2.24) is 0 Å². The van der Waals surface area contributed by atoms with E-state index in [1.807, 2.05) is 0 Å². The first-order valence-electron chi connectivity index (χ1n) is 8.50. The topological polar surface area (TPSA) is 53.3 Å². The van der Waals surface area contributed by atoms with Crippen LogP contribution >= 0.6 is 0 Å². The molecule has 2 N–H and O–H groups in total. The highest BCUT2D eigenvalue weighted by Crippen LogP contribution is 2.36. The zero-order chi connectivity index (χ0) is 21.1. The number of para-hydroxylation sites is 1. The number of allylic oxidation sites excluding steroid dienone is 1. The third-order valence-electron chi connectivity index (χ3n) is 3.92. The second-order valence-electron chi connectivity index (χ2n) is 6.81. The molecule has 0 aromatic heterocycles. The molecule has 0 aliphatic rings. The highest BCUT2D eigenvalue weighted by molar-refractivity contribution is 6.01. The van der Waals surface area contributed by atoms with E-state index in [2.05, 4.69) is 0 Å². The first-order valence-corrected chi connectivity index (χ1v) is 8.50. The van der Waals surface area contributed by atoms with Crippen LogP contribution in [0.2, 0.25) is 0 Å². The van der Waals surface area contributed by atoms with Gasteiger partial charge < -0.3 is 15.3 Å². The van der Waals surface area contributed by atoms with Crippen LogP contribution in [0.4, 0.5) is 17.6 Å². The van der Waals surface area contributed by atoms with E-state index in [1.54, 1.807) is 12.1 Å². The molecule has 0 spiro atoms. The molecule has 0 saturated heterocycles. The Balaban J connectivity index is 2.67. The minimum absolute atomic E-state index is 0.00373. The van der Waals surface area contributed by atoms with E-state index in [-0.39, 0.29) is 28.2 Å². The van der Waals surface area contributed by atoms with Crippen LogP contribution in [0.3, 0.4) is 0 Å². The summed E-state index contributed by atoms with van der Waals surface area (Å²) in [7, 11) is 0. The second kappa shape index (κ2) is 8.56. The Bertz CT molecular complexity index is 879. The van der Waals surface area contributed by atoms with Gasteiger partial charge >= 0.3 is 0 Å². The van der Waals surface area contributed by atoms with Crippen LogP contribution in [0.15, 0.2) is 42.5 Å². The summed E-state index contributed by atoms with van der Waals surface area (Å²) in [6.45, 7) is 3.33. The van der Waals surface area contributed by atoms with Crippen molar-refractivity contribution in [3.05, 3.63) is 70.8 Å². The van der Waals surface area contributed by atoms with Gasteiger partial charge in [-0.2, -0.15) is 0 Å². The maximum atomic E-state index is 14.8. The molecular weight excluding hydrogens is 374 g/mol. The zero-order valence-corrected chi connectivity index (χ0v) is 15.7. The highest BCUT2D eigenvalue weighted by atomic mass is 19.3. The monoisotopic (exact) mass is 395 g/mol. The SMILES string of the molecule is CC(=N)/C=C(\c1ccccc1OCC(F)F)c1c(F)cc(C(C)(C)O)cc1F. The van der Waals surface area contributed by atoms with E-state index >= 15 is 0 Å². The van der Waals surface area contributed by atoms with Gasteiger partial charge in [0.05, 0.1) is 11.2 Å². The number of halogens is 4. The van der Waals surface area contributed by atoms with Gasteiger partial charge in [-0.15, -0.1) is 0 Å². The first-order chi connectivity index (χ1) is 13.0. The van der Waals surface area contributed by atoms with Crippen LogP contribution < -0.4 is 4.74 Å². The van der Waals surface area contributed by atoms with Crippen molar-refractivity contribution in [2.24, 2.45) is 0 Å². The fraction of sp³-hybridized carbons (Fsp3) is 0.286. The predicted molar refractivity (Wildman–Crippen MR) is 100 cm³/mol. The number of benzene rings is 2. The summed E-state index contributed by atoms with van der Waals surface area (Å²) in [5, 5.41) is 17.7. The molecule has 0 fully saturated rings. The standard InChI is InChI=1S/C21H21F4NO2/c1-12(26)8-15(14-6-4-5-7-18(14)28-11-19(24)25)20-16(22)9-13(10-17(20)23)21(2,3)27/h4-10,19,26-27H,11H2,1-3H3/b15-8+,26-12?. The summed E-state index contributed by atoms with van der Waals surface area (Å²) < 4.78 is 59.9. The average Bonchev–Trinajstić information content (AvgIpc) is 2.57. The van der Waals surface area contributed by atoms with Crippen molar-refractivity contribution in [2.75, 3.05) is 6.61 Å². The maximum absolute atomic E-state index is 14.8. The lowest BCUT2D eigenvalue weighted by atomic mass is 9.91. The molecule has 0 saturated carbocycles. The molecule has 2 aromatic carbocycles. The van der Waals surface area contributed by atoms with E-state index in [0.717, 1.165) is 12.1 Å². The van der Waals surface area contributed by atoms with E-state index in [0.29, 0.717) is 0 Å². The van der Waals surface area contributed by atoms with Crippen molar-refractivity contribution >= 4 is 11.3 Å². The van der Waals surface area contributed by atoms with Gasteiger partial charge in [-0.25, -0.2) is 17.6 Å². The Morgan fingerprint density at radius 2 is 1.75 bits per heavy atom. The van der Waals surface area contributed by atoms with E-state index in [1.165, 1.54) is 39.0 Å². The predicted octanol–water partition coefficient (Wildman–Crippen LogP) is 5.31. The van der Waals surface area contributed by atoms with Gasteiger partial charge in [0.25, 0.3) is 6.43 Å². The van der Waals surface area contributed by atoms with Crippen molar-refractivity contribution in [3.63, 3.8) is 0 Å². The van der Waals surface area contributed by atoms with Gasteiger partial charge in [0.1, 0.15) is 24.0 Å². The highest BCUT2D eigenvalue weighted by Gasteiger charge is 2.24. The summed E-state index contributed by atoms with van der Waals surface area (Å²) in [5.41, 5.74) is -1.70. The molecule has 0 atom stereocenters. The molecule has 0 bridgehead atoms. The molecule has 2 aromatic rings. The van der Waals surface area contributed by atoms with E-state index in [9.17, 15) is 22.7 Å². The van der Waals surface area contributed by atoms with Gasteiger partial charge in [-0.3, -0.25) is 0 Å². The smallest absolute Gasteiger partial charge is 0.272 e. The molecule has 0 radical (unpaired) electrons. The molecule has 28 heavy (non-hydrogen) atoms. The van der Waals surface area contributed by atoms with Crippen LogP contribution in [0.1, 0.15) is 37.5 Å². The maximum Gasteiger partial charge on any atom is 0.272 e. The minimum atomic E-state index is -2.72. The van der Waals surface area contributed by atoms with Gasteiger partial charge in [0.15, 0.2) is 0 Å². The Labute approximate surface area is 160 Å². The summed E-state index contributed by atoms with van der Waals surface area (Å²) in [4.78, 5) is 0. The summed E-state index contributed by atoms with van der Waals surface area (Å²) >= 11 is 0. The van der Waals surface area contributed by atoms with Gasteiger partial charge in [0, 0.05) is 16.8 Å². The van der Waals surface area contributed by atoms with Crippen LogP contribution in [0, 0.1) is 17.0 Å². The molecule has 0 heterocycles. The lowest BCUT2D eigenvalue weighted by Crippen LogP contribution is -2.17. The third-order valence-corrected chi connectivity index (χ3v) is 3.92. The Kier molecular flexibility index (Phi) is 6.61. The van der Waals surface area contributed by atoms with Crippen LogP contribution in [0.5, 0.6) is 5.75 Å². The van der Waals surface area contributed by atoms with Gasteiger partial charge in [-0.05, 0) is 50.6 Å².